The molecule has 0 saturated heterocycles. The first-order valence-electron chi connectivity index (χ1n) is 5.98. The Hall–Kier alpha value is -2.70. The highest BCUT2D eigenvalue weighted by Crippen LogP contribution is 2.22. The van der Waals surface area contributed by atoms with Crippen LogP contribution in [-0.2, 0) is 18.3 Å². The molecular formula is C13H14N4O3. The van der Waals surface area contributed by atoms with Crippen molar-refractivity contribution in [2.75, 3.05) is 5.32 Å². The van der Waals surface area contributed by atoms with E-state index in [0.29, 0.717) is 17.1 Å². The number of aryl methyl sites for hydroxylation is 2. The van der Waals surface area contributed by atoms with Gasteiger partial charge in [0, 0.05) is 36.8 Å². The summed E-state index contributed by atoms with van der Waals surface area (Å²) in [6.07, 6.45) is 3.48. The van der Waals surface area contributed by atoms with Crippen LogP contribution in [-0.4, -0.2) is 20.4 Å². The molecule has 0 aliphatic rings. The van der Waals surface area contributed by atoms with E-state index in [4.69, 9.17) is 0 Å². The number of imidazole rings is 1. The predicted octanol–water partition coefficient (Wildman–Crippen LogP) is 1.82. The molecule has 7 heteroatoms. The number of carbonyl (C=O) groups excluding carboxylic acids is 1. The van der Waals surface area contributed by atoms with Gasteiger partial charge in [-0.25, -0.2) is 4.98 Å². The van der Waals surface area contributed by atoms with Crippen LogP contribution < -0.4 is 5.32 Å². The fourth-order valence-electron chi connectivity index (χ4n) is 1.80. The Labute approximate surface area is 115 Å². The molecule has 0 atom stereocenters. The van der Waals surface area contributed by atoms with Gasteiger partial charge in [0.25, 0.3) is 5.69 Å². The number of rotatable bonds is 4. The second-order valence-corrected chi connectivity index (χ2v) is 4.44. The number of hydrogen-bond acceptors (Lipinski definition) is 4. The van der Waals surface area contributed by atoms with Crippen LogP contribution in [0.2, 0.25) is 0 Å². The molecule has 1 aromatic heterocycles. The molecule has 0 bridgehead atoms. The van der Waals surface area contributed by atoms with Crippen LogP contribution in [0.15, 0.2) is 30.6 Å². The van der Waals surface area contributed by atoms with E-state index < -0.39 is 4.92 Å². The SMILES string of the molecule is Cc1ccc(NC(=O)Cc2nccn2C)cc1[N+](=O)[O-]. The van der Waals surface area contributed by atoms with Crippen molar-refractivity contribution in [1.82, 2.24) is 9.55 Å². The summed E-state index contributed by atoms with van der Waals surface area (Å²) in [6.45, 7) is 1.65. The Morgan fingerprint density at radius 3 is 2.85 bits per heavy atom. The number of benzene rings is 1. The quantitative estimate of drug-likeness (QED) is 0.680. The summed E-state index contributed by atoms with van der Waals surface area (Å²) in [5, 5.41) is 13.5. The largest absolute Gasteiger partial charge is 0.338 e. The van der Waals surface area contributed by atoms with Gasteiger partial charge in [-0.15, -0.1) is 0 Å². The highest BCUT2D eigenvalue weighted by atomic mass is 16.6. The van der Waals surface area contributed by atoms with Gasteiger partial charge in [-0.1, -0.05) is 6.07 Å². The summed E-state index contributed by atoms with van der Waals surface area (Å²) in [7, 11) is 1.80. The van der Waals surface area contributed by atoms with E-state index in [9.17, 15) is 14.9 Å². The molecule has 1 heterocycles. The summed E-state index contributed by atoms with van der Waals surface area (Å²) in [4.78, 5) is 26.3. The maximum absolute atomic E-state index is 11.9. The van der Waals surface area contributed by atoms with Crippen LogP contribution >= 0.6 is 0 Å². The molecule has 1 N–H and O–H groups in total. The second-order valence-electron chi connectivity index (χ2n) is 4.44. The Kier molecular flexibility index (Phi) is 3.79. The molecule has 0 saturated carbocycles. The summed E-state index contributed by atoms with van der Waals surface area (Å²) < 4.78 is 1.75. The van der Waals surface area contributed by atoms with Crippen molar-refractivity contribution < 1.29 is 9.72 Å². The number of carbonyl (C=O) groups is 1. The van der Waals surface area contributed by atoms with Gasteiger partial charge in [-0.3, -0.25) is 14.9 Å². The lowest BCUT2D eigenvalue weighted by atomic mass is 10.2. The third kappa shape index (κ3) is 3.00. The molecule has 0 radical (unpaired) electrons. The van der Waals surface area contributed by atoms with Crippen LogP contribution in [0.1, 0.15) is 11.4 Å². The Morgan fingerprint density at radius 2 is 2.25 bits per heavy atom. The minimum Gasteiger partial charge on any atom is -0.338 e. The van der Waals surface area contributed by atoms with Crippen LogP contribution in [0.5, 0.6) is 0 Å². The van der Waals surface area contributed by atoms with Crippen molar-refractivity contribution in [3.8, 4) is 0 Å². The Morgan fingerprint density at radius 1 is 1.50 bits per heavy atom. The average molecular weight is 274 g/mol. The van der Waals surface area contributed by atoms with Gasteiger partial charge in [0.15, 0.2) is 0 Å². The standard InChI is InChI=1S/C13H14N4O3/c1-9-3-4-10(7-11(9)17(19)20)15-13(18)8-12-14-5-6-16(12)2/h3-7H,8H2,1-2H3,(H,15,18). The third-order valence-electron chi connectivity index (χ3n) is 2.93. The average Bonchev–Trinajstić information content (AvgIpc) is 2.77. The molecule has 0 unspecified atom stereocenters. The molecule has 7 nitrogen and oxygen atoms in total. The van der Waals surface area contributed by atoms with E-state index in [1.807, 2.05) is 0 Å². The van der Waals surface area contributed by atoms with Crippen LogP contribution in [0.4, 0.5) is 11.4 Å². The van der Waals surface area contributed by atoms with Gasteiger partial charge in [-0.2, -0.15) is 0 Å². The van der Waals surface area contributed by atoms with Crippen molar-refractivity contribution in [2.24, 2.45) is 7.05 Å². The van der Waals surface area contributed by atoms with Crippen molar-refractivity contribution >= 4 is 17.3 Å². The van der Waals surface area contributed by atoms with Gasteiger partial charge in [0.1, 0.15) is 5.82 Å². The van der Waals surface area contributed by atoms with Gasteiger partial charge < -0.3 is 9.88 Å². The van der Waals surface area contributed by atoms with Gasteiger partial charge in [0.2, 0.25) is 5.91 Å². The van der Waals surface area contributed by atoms with Crippen molar-refractivity contribution in [3.63, 3.8) is 0 Å². The summed E-state index contributed by atoms with van der Waals surface area (Å²) in [5.41, 5.74) is 0.943. The highest BCUT2D eigenvalue weighted by molar-refractivity contribution is 5.92. The second kappa shape index (κ2) is 5.52. The maximum Gasteiger partial charge on any atom is 0.274 e. The molecule has 0 fully saturated rings. The first kappa shape index (κ1) is 13.7. The predicted molar refractivity (Wildman–Crippen MR) is 73.4 cm³/mol. The topological polar surface area (TPSA) is 90.1 Å². The minimum absolute atomic E-state index is 0.0141. The summed E-state index contributed by atoms with van der Waals surface area (Å²) in [5.74, 6) is 0.363. The first-order valence-corrected chi connectivity index (χ1v) is 5.98. The summed E-state index contributed by atoms with van der Waals surface area (Å²) >= 11 is 0. The molecule has 0 spiro atoms. The van der Waals surface area contributed by atoms with Crippen molar-refractivity contribution in [3.05, 3.63) is 52.1 Å². The Balaban J connectivity index is 2.10. The zero-order valence-electron chi connectivity index (χ0n) is 11.2. The molecule has 0 aliphatic carbocycles. The van der Waals surface area contributed by atoms with Gasteiger partial charge in [0.05, 0.1) is 11.3 Å². The molecule has 2 rings (SSSR count). The number of aromatic nitrogens is 2. The van der Waals surface area contributed by atoms with Crippen molar-refractivity contribution in [2.45, 2.75) is 13.3 Å². The smallest absolute Gasteiger partial charge is 0.274 e. The van der Waals surface area contributed by atoms with Crippen LogP contribution in [0.3, 0.4) is 0 Å². The van der Waals surface area contributed by atoms with Gasteiger partial charge >= 0.3 is 0 Å². The summed E-state index contributed by atoms with van der Waals surface area (Å²) in [6, 6.07) is 4.60. The molecule has 2 aromatic rings. The van der Waals surface area contributed by atoms with E-state index in [1.165, 1.54) is 6.07 Å². The van der Waals surface area contributed by atoms with Gasteiger partial charge in [-0.05, 0) is 13.0 Å². The molecule has 104 valence electrons. The lowest BCUT2D eigenvalue weighted by molar-refractivity contribution is -0.385. The number of nitrogens with zero attached hydrogens (tertiary/aromatic N) is 3. The Bertz CT molecular complexity index is 663. The molecule has 1 aromatic carbocycles. The van der Waals surface area contributed by atoms with E-state index in [0.717, 1.165) is 0 Å². The van der Waals surface area contributed by atoms with E-state index >= 15 is 0 Å². The number of hydrogen-bond donors (Lipinski definition) is 1. The monoisotopic (exact) mass is 274 g/mol. The van der Waals surface area contributed by atoms with Crippen LogP contribution in [0, 0.1) is 17.0 Å². The number of nitrogens with one attached hydrogen (secondary N) is 1. The third-order valence-corrected chi connectivity index (χ3v) is 2.93. The lowest BCUT2D eigenvalue weighted by Crippen LogP contribution is -2.16. The lowest BCUT2D eigenvalue weighted by Gasteiger charge is -2.06. The fraction of sp³-hybridized carbons (Fsp3) is 0.231. The van der Waals surface area contributed by atoms with E-state index in [2.05, 4.69) is 10.3 Å². The molecule has 20 heavy (non-hydrogen) atoms. The zero-order chi connectivity index (χ0) is 14.7. The van der Waals surface area contributed by atoms with Crippen LogP contribution in [0.25, 0.3) is 0 Å². The molecule has 0 aliphatic heterocycles. The van der Waals surface area contributed by atoms with E-state index in [1.54, 1.807) is 43.1 Å². The number of anilines is 1. The number of nitro groups is 1. The van der Waals surface area contributed by atoms with Crippen molar-refractivity contribution in [1.29, 1.82) is 0 Å². The maximum atomic E-state index is 11.9. The molecule has 1 amide bonds. The highest BCUT2D eigenvalue weighted by Gasteiger charge is 2.13. The van der Waals surface area contributed by atoms with E-state index in [-0.39, 0.29) is 18.0 Å². The molecular weight excluding hydrogens is 260 g/mol. The number of nitro benzene ring substituents is 1. The first-order chi connectivity index (χ1) is 9.47. The fourth-order valence-corrected chi connectivity index (χ4v) is 1.80. The zero-order valence-corrected chi connectivity index (χ0v) is 11.2. The minimum atomic E-state index is -0.469. The number of amides is 1. The normalized spacial score (nSPS) is 10.3.